The zero-order chi connectivity index (χ0) is 15.1. The summed E-state index contributed by atoms with van der Waals surface area (Å²) in [6.45, 7) is 10.4. The summed E-state index contributed by atoms with van der Waals surface area (Å²) in [7, 11) is -3.47. The molecular formula is C15H23NO3S. The molecule has 2 rings (SSSR count). The number of morpholine rings is 1. The molecule has 0 aromatic heterocycles. The molecule has 5 heteroatoms. The zero-order valence-corrected chi connectivity index (χ0v) is 13.6. The van der Waals surface area contributed by atoms with Gasteiger partial charge in [0, 0.05) is 12.6 Å². The molecule has 1 aromatic carbocycles. The van der Waals surface area contributed by atoms with Crippen LogP contribution in [0.1, 0.15) is 30.5 Å². The third kappa shape index (κ3) is 2.62. The van der Waals surface area contributed by atoms with E-state index in [0.717, 1.165) is 16.7 Å². The van der Waals surface area contributed by atoms with Gasteiger partial charge in [0.25, 0.3) is 0 Å². The van der Waals surface area contributed by atoms with Crippen LogP contribution in [-0.4, -0.2) is 38.0 Å². The van der Waals surface area contributed by atoms with Gasteiger partial charge in [0.05, 0.1) is 17.6 Å². The second-order valence-electron chi connectivity index (χ2n) is 5.66. The van der Waals surface area contributed by atoms with Crippen LogP contribution in [0, 0.1) is 20.8 Å². The van der Waals surface area contributed by atoms with E-state index < -0.39 is 10.0 Å². The second kappa shape index (κ2) is 5.47. The van der Waals surface area contributed by atoms with Crippen LogP contribution in [0.15, 0.2) is 17.0 Å². The number of benzene rings is 1. The van der Waals surface area contributed by atoms with Gasteiger partial charge in [-0.15, -0.1) is 0 Å². The molecule has 0 aliphatic carbocycles. The van der Waals surface area contributed by atoms with Crippen molar-refractivity contribution in [2.75, 3.05) is 13.2 Å². The normalized spacial score (nSPS) is 24.9. The van der Waals surface area contributed by atoms with E-state index in [1.54, 1.807) is 4.31 Å². The number of aryl methyl sites for hydroxylation is 3. The van der Waals surface area contributed by atoms with Crippen molar-refractivity contribution in [2.45, 2.75) is 51.7 Å². The summed E-state index contributed by atoms with van der Waals surface area (Å²) in [6, 6.07) is 3.71. The Hall–Kier alpha value is -0.910. The van der Waals surface area contributed by atoms with Gasteiger partial charge in [-0.2, -0.15) is 4.31 Å². The van der Waals surface area contributed by atoms with E-state index in [2.05, 4.69) is 0 Å². The van der Waals surface area contributed by atoms with E-state index in [1.807, 2.05) is 46.8 Å². The van der Waals surface area contributed by atoms with Crippen LogP contribution in [0.25, 0.3) is 0 Å². The molecule has 1 aromatic rings. The predicted molar refractivity (Wildman–Crippen MR) is 79.4 cm³/mol. The summed E-state index contributed by atoms with van der Waals surface area (Å²) >= 11 is 0. The van der Waals surface area contributed by atoms with Gasteiger partial charge >= 0.3 is 0 Å². The molecule has 20 heavy (non-hydrogen) atoms. The highest BCUT2D eigenvalue weighted by molar-refractivity contribution is 7.89. The Balaban J connectivity index is 2.50. The predicted octanol–water partition coefficient (Wildman–Crippen LogP) is 2.41. The van der Waals surface area contributed by atoms with Gasteiger partial charge in [-0.05, 0) is 45.7 Å². The molecule has 0 spiro atoms. The first kappa shape index (κ1) is 15.5. The SMILES string of the molecule is Cc1cc(C)c(S(=O)(=O)N2CCOC(C)C2C)c(C)c1. The van der Waals surface area contributed by atoms with Crippen LogP contribution >= 0.6 is 0 Å². The van der Waals surface area contributed by atoms with E-state index in [0.29, 0.717) is 18.0 Å². The van der Waals surface area contributed by atoms with Crippen molar-refractivity contribution in [3.05, 3.63) is 28.8 Å². The van der Waals surface area contributed by atoms with Gasteiger partial charge in [0.1, 0.15) is 0 Å². The van der Waals surface area contributed by atoms with Crippen molar-refractivity contribution in [3.63, 3.8) is 0 Å². The average Bonchev–Trinajstić information content (AvgIpc) is 2.30. The van der Waals surface area contributed by atoms with Crippen LogP contribution in [0.4, 0.5) is 0 Å². The molecule has 0 amide bonds. The van der Waals surface area contributed by atoms with Crippen molar-refractivity contribution >= 4 is 10.0 Å². The minimum atomic E-state index is -3.47. The molecule has 1 fully saturated rings. The van der Waals surface area contributed by atoms with E-state index >= 15 is 0 Å². The van der Waals surface area contributed by atoms with Gasteiger partial charge < -0.3 is 4.74 Å². The average molecular weight is 297 g/mol. The van der Waals surface area contributed by atoms with Crippen LogP contribution in [0.5, 0.6) is 0 Å². The first-order valence-electron chi connectivity index (χ1n) is 6.96. The van der Waals surface area contributed by atoms with Gasteiger partial charge in [-0.3, -0.25) is 0 Å². The molecule has 0 radical (unpaired) electrons. The Bertz CT molecular complexity index is 587. The molecule has 112 valence electrons. The molecule has 1 heterocycles. The minimum Gasteiger partial charge on any atom is -0.375 e. The quantitative estimate of drug-likeness (QED) is 0.842. The first-order valence-corrected chi connectivity index (χ1v) is 8.40. The Kier molecular flexibility index (Phi) is 4.23. The van der Waals surface area contributed by atoms with Crippen LogP contribution < -0.4 is 0 Å². The third-order valence-electron chi connectivity index (χ3n) is 4.00. The Morgan fingerprint density at radius 3 is 2.25 bits per heavy atom. The molecule has 0 N–H and O–H groups in total. The summed E-state index contributed by atoms with van der Waals surface area (Å²) in [5, 5.41) is 0. The maximum absolute atomic E-state index is 13.0. The highest BCUT2D eigenvalue weighted by Crippen LogP contribution is 2.28. The Morgan fingerprint density at radius 2 is 1.70 bits per heavy atom. The number of ether oxygens (including phenoxy) is 1. The standard InChI is InChI=1S/C15H23NO3S/c1-10-8-11(2)15(12(3)9-10)20(17,18)16-6-7-19-14(5)13(16)4/h8-9,13-14H,6-7H2,1-5H3. The van der Waals surface area contributed by atoms with E-state index in [9.17, 15) is 8.42 Å². The highest BCUT2D eigenvalue weighted by atomic mass is 32.2. The lowest BCUT2D eigenvalue weighted by atomic mass is 10.1. The van der Waals surface area contributed by atoms with Gasteiger partial charge in [0.2, 0.25) is 10.0 Å². The number of rotatable bonds is 2. The van der Waals surface area contributed by atoms with Crippen molar-refractivity contribution in [1.29, 1.82) is 0 Å². The molecule has 0 saturated carbocycles. The maximum atomic E-state index is 13.0. The minimum absolute atomic E-state index is 0.0791. The fourth-order valence-corrected chi connectivity index (χ4v) is 5.03. The number of nitrogens with zero attached hydrogens (tertiary/aromatic N) is 1. The molecule has 0 bridgehead atoms. The summed E-state index contributed by atoms with van der Waals surface area (Å²) in [6.07, 6.45) is -0.0791. The molecule has 1 saturated heterocycles. The maximum Gasteiger partial charge on any atom is 0.244 e. The monoisotopic (exact) mass is 297 g/mol. The molecule has 1 aliphatic rings. The molecule has 2 unspecified atom stereocenters. The first-order chi connectivity index (χ1) is 9.25. The van der Waals surface area contributed by atoms with Crippen LogP contribution in [-0.2, 0) is 14.8 Å². The van der Waals surface area contributed by atoms with Crippen molar-refractivity contribution in [1.82, 2.24) is 4.31 Å². The van der Waals surface area contributed by atoms with Crippen molar-refractivity contribution < 1.29 is 13.2 Å². The van der Waals surface area contributed by atoms with Gasteiger partial charge in [-0.1, -0.05) is 17.7 Å². The smallest absolute Gasteiger partial charge is 0.244 e. The second-order valence-corrected chi connectivity index (χ2v) is 7.49. The number of sulfonamides is 1. The third-order valence-corrected chi connectivity index (χ3v) is 6.29. The van der Waals surface area contributed by atoms with E-state index in [-0.39, 0.29) is 12.1 Å². The zero-order valence-electron chi connectivity index (χ0n) is 12.8. The van der Waals surface area contributed by atoms with Crippen molar-refractivity contribution in [2.24, 2.45) is 0 Å². The molecular weight excluding hydrogens is 274 g/mol. The van der Waals surface area contributed by atoms with Gasteiger partial charge in [0.15, 0.2) is 0 Å². The number of hydrogen-bond donors (Lipinski definition) is 0. The molecule has 1 aliphatic heterocycles. The Morgan fingerprint density at radius 1 is 1.15 bits per heavy atom. The highest BCUT2D eigenvalue weighted by Gasteiger charge is 2.36. The van der Waals surface area contributed by atoms with Crippen molar-refractivity contribution in [3.8, 4) is 0 Å². The van der Waals surface area contributed by atoms with Gasteiger partial charge in [-0.25, -0.2) is 8.42 Å². The molecule has 2 atom stereocenters. The fourth-order valence-electron chi connectivity index (χ4n) is 2.94. The number of hydrogen-bond acceptors (Lipinski definition) is 3. The van der Waals surface area contributed by atoms with Crippen LogP contribution in [0.3, 0.4) is 0 Å². The fraction of sp³-hybridized carbons (Fsp3) is 0.600. The van der Waals surface area contributed by atoms with Crippen LogP contribution in [0.2, 0.25) is 0 Å². The lowest BCUT2D eigenvalue weighted by Crippen LogP contribution is -2.51. The molecule has 4 nitrogen and oxygen atoms in total. The Labute approximate surface area is 121 Å². The van der Waals surface area contributed by atoms with E-state index in [4.69, 9.17) is 4.74 Å². The lowest BCUT2D eigenvalue weighted by Gasteiger charge is -2.37. The lowest BCUT2D eigenvalue weighted by molar-refractivity contribution is -0.0232. The topological polar surface area (TPSA) is 46.6 Å². The summed E-state index contributed by atoms with van der Waals surface area (Å²) < 4.78 is 33.0. The summed E-state index contributed by atoms with van der Waals surface area (Å²) in [5.41, 5.74) is 2.71. The largest absolute Gasteiger partial charge is 0.375 e. The summed E-state index contributed by atoms with van der Waals surface area (Å²) in [4.78, 5) is 0.448. The summed E-state index contributed by atoms with van der Waals surface area (Å²) in [5.74, 6) is 0. The van der Waals surface area contributed by atoms with E-state index in [1.165, 1.54) is 0 Å².